The Morgan fingerprint density at radius 3 is 2.41 bits per heavy atom. The number of nitrogens with one attached hydrogen (secondary N) is 1. The summed E-state index contributed by atoms with van der Waals surface area (Å²) in [4.78, 5) is 50.0. The van der Waals surface area contributed by atoms with Crippen LogP contribution in [0.15, 0.2) is 53.3 Å². The summed E-state index contributed by atoms with van der Waals surface area (Å²) in [6.45, 7) is 6.59. The Morgan fingerprint density at radius 1 is 1.14 bits per heavy atom. The molecule has 3 heterocycles. The van der Waals surface area contributed by atoms with E-state index in [1.165, 1.54) is 16.2 Å². The van der Waals surface area contributed by atoms with E-state index >= 15 is 0 Å². The normalized spacial score (nSPS) is 16.4. The fourth-order valence-corrected chi connectivity index (χ4v) is 5.44. The lowest BCUT2D eigenvalue weighted by Gasteiger charge is -2.27. The number of carboxylic acids is 1. The molecule has 37 heavy (non-hydrogen) atoms. The second kappa shape index (κ2) is 11.1. The lowest BCUT2D eigenvalue weighted by molar-refractivity contribution is -0.148. The van der Waals surface area contributed by atoms with Crippen LogP contribution in [0.1, 0.15) is 53.7 Å². The zero-order valence-electron chi connectivity index (χ0n) is 20.9. The van der Waals surface area contributed by atoms with Crippen LogP contribution in [0.2, 0.25) is 0 Å². The number of amides is 2. The van der Waals surface area contributed by atoms with Gasteiger partial charge in [-0.25, -0.2) is 14.8 Å². The van der Waals surface area contributed by atoms with E-state index in [0.29, 0.717) is 30.1 Å². The van der Waals surface area contributed by atoms with Crippen LogP contribution in [0.3, 0.4) is 0 Å². The third-order valence-corrected chi connectivity index (χ3v) is 8.18. The summed E-state index contributed by atoms with van der Waals surface area (Å²) in [5, 5.41) is 12.5. The molecule has 0 radical (unpaired) electrons. The van der Waals surface area contributed by atoms with Gasteiger partial charge in [-0.3, -0.25) is 9.59 Å². The Kier molecular flexibility index (Phi) is 8.08. The molecule has 2 atom stereocenters. The van der Waals surface area contributed by atoms with E-state index in [1.54, 1.807) is 18.5 Å². The van der Waals surface area contributed by atoms with Crippen LogP contribution in [0.5, 0.6) is 0 Å². The zero-order chi connectivity index (χ0) is 26.7. The molecule has 3 aromatic rings. The molecule has 2 N–H and O–H groups in total. The van der Waals surface area contributed by atoms with Gasteiger partial charge in [0, 0.05) is 35.8 Å². The first-order valence-corrected chi connectivity index (χ1v) is 13.6. The van der Waals surface area contributed by atoms with Gasteiger partial charge in [0.15, 0.2) is 5.82 Å². The number of carbonyl (C=O) groups is 3. The van der Waals surface area contributed by atoms with Gasteiger partial charge in [-0.15, -0.1) is 11.3 Å². The molecule has 0 bridgehead atoms. The quantitative estimate of drug-likeness (QED) is 0.417. The van der Waals surface area contributed by atoms with Gasteiger partial charge in [-0.05, 0) is 51.9 Å². The smallest absolute Gasteiger partial charge is 0.326 e. The second-order valence-electron chi connectivity index (χ2n) is 10.1. The van der Waals surface area contributed by atoms with Crippen molar-refractivity contribution < 1.29 is 19.5 Å². The first kappa shape index (κ1) is 26.9. The van der Waals surface area contributed by atoms with Crippen molar-refractivity contribution >= 4 is 45.1 Å². The topological polar surface area (TPSA) is 112 Å². The number of aliphatic carboxylic acids is 1. The van der Waals surface area contributed by atoms with Crippen molar-refractivity contribution in [3.63, 3.8) is 0 Å². The van der Waals surface area contributed by atoms with Crippen LogP contribution < -0.4 is 5.32 Å². The molecule has 10 heteroatoms. The Hall–Kier alpha value is -3.11. The lowest BCUT2D eigenvalue weighted by Crippen LogP contribution is -2.52. The van der Waals surface area contributed by atoms with Crippen molar-refractivity contribution in [3.05, 3.63) is 68.6 Å². The lowest BCUT2D eigenvalue weighted by atomic mass is 9.95. The maximum absolute atomic E-state index is 13.5. The summed E-state index contributed by atoms with van der Waals surface area (Å²) in [6.07, 6.45) is 4.59. The number of carboxylic acid groups (broad SMARTS) is 1. The van der Waals surface area contributed by atoms with Crippen LogP contribution >= 0.6 is 27.3 Å². The van der Waals surface area contributed by atoms with E-state index < -0.39 is 18.1 Å². The molecule has 1 saturated heterocycles. The summed E-state index contributed by atoms with van der Waals surface area (Å²) in [5.74, 6) is -1.18. The number of benzene rings is 1. The van der Waals surface area contributed by atoms with Crippen molar-refractivity contribution in [2.45, 2.75) is 57.5 Å². The molecule has 1 aromatic carbocycles. The van der Waals surface area contributed by atoms with Gasteiger partial charge in [0.25, 0.3) is 5.91 Å². The average molecular weight is 586 g/mol. The Labute approximate surface area is 228 Å². The van der Waals surface area contributed by atoms with Crippen molar-refractivity contribution in [2.75, 3.05) is 6.54 Å². The molecule has 8 nitrogen and oxygen atoms in total. The van der Waals surface area contributed by atoms with Gasteiger partial charge in [0.05, 0.1) is 9.35 Å². The predicted octanol–water partition coefficient (Wildman–Crippen LogP) is 4.68. The molecular weight excluding hydrogens is 556 g/mol. The van der Waals surface area contributed by atoms with E-state index in [-0.39, 0.29) is 23.7 Å². The number of hydrogen-bond donors (Lipinski definition) is 2. The number of aromatic nitrogens is 2. The largest absolute Gasteiger partial charge is 0.480 e. The van der Waals surface area contributed by atoms with Gasteiger partial charge < -0.3 is 15.3 Å². The maximum atomic E-state index is 13.5. The Morgan fingerprint density at radius 2 is 1.81 bits per heavy atom. The minimum Gasteiger partial charge on any atom is -0.480 e. The molecule has 1 aliphatic rings. The Balaban J connectivity index is 1.56. The maximum Gasteiger partial charge on any atom is 0.326 e. The van der Waals surface area contributed by atoms with E-state index in [1.807, 2.05) is 30.3 Å². The second-order valence-corrected chi connectivity index (χ2v) is 12.1. The number of rotatable bonds is 7. The van der Waals surface area contributed by atoms with E-state index in [9.17, 15) is 19.5 Å². The molecule has 0 saturated carbocycles. The summed E-state index contributed by atoms with van der Waals surface area (Å²) < 4.78 is 0.784. The molecule has 1 fully saturated rings. The van der Waals surface area contributed by atoms with E-state index in [0.717, 1.165) is 20.5 Å². The van der Waals surface area contributed by atoms with Crippen molar-refractivity contribution in [2.24, 2.45) is 0 Å². The standard InChI is InChI=1S/C27H29BrN4O4S/c1-27(2,3)22-11-10-21(37-22)24(33)31-19(25(34)32-12-4-5-20(32)26(35)36)13-16-6-8-17(9-7-16)23-29-14-18(28)15-30-23/h6-11,14-15,19-20H,4-5,12-13H2,1-3H3,(H,31,33)(H,35,36). The fourth-order valence-electron chi connectivity index (χ4n) is 4.27. The number of halogens is 1. The molecule has 1 aliphatic heterocycles. The third-order valence-electron chi connectivity index (χ3n) is 6.27. The molecule has 4 rings (SSSR count). The van der Waals surface area contributed by atoms with Crippen LogP contribution in [-0.4, -0.2) is 56.4 Å². The van der Waals surface area contributed by atoms with Gasteiger partial charge >= 0.3 is 5.97 Å². The first-order chi connectivity index (χ1) is 17.5. The zero-order valence-corrected chi connectivity index (χ0v) is 23.3. The number of carbonyl (C=O) groups excluding carboxylic acids is 2. The molecule has 0 aliphatic carbocycles. The van der Waals surface area contributed by atoms with Gasteiger partial charge in [0.2, 0.25) is 5.91 Å². The summed E-state index contributed by atoms with van der Waals surface area (Å²) in [6, 6.07) is 9.40. The SMILES string of the molecule is CC(C)(C)c1ccc(C(=O)NC(Cc2ccc(-c3ncc(Br)cn3)cc2)C(=O)N2CCCC2C(=O)O)s1. The van der Waals surface area contributed by atoms with Crippen LogP contribution in [0.4, 0.5) is 0 Å². The monoisotopic (exact) mass is 584 g/mol. The summed E-state index contributed by atoms with van der Waals surface area (Å²) in [5.41, 5.74) is 1.55. The number of nitrogens with zero attached hydrogens (tertiary/aromatic N) is 3. The van der Waals surface area contributed by atoms with Crippen LogP contribution in [0.25, 0.3) is 11.4 Å². The minimum absolute atomic E-state index is 0.0943. The highest BCUT2D eigenvalue weighted by molar-refractivity contribution is 9.10. The molecular formula is C27H29BrN4O4S. The molecule has 2 unspecified atom stereocenters. The highest BCUT2D eigenvalue weighted by Gasteiger charge is 2.38. The van der Waals surface area contributed by atoms with Gasteiger partial charge in [-0.1, -0.05) is 45.0 Å². The highest BCUT2D eigenvalue weighted by Crippen LogP contribution is 2.29. The summed E-state index contributed by atoms with van der Waals surface area (Å²) >= 11 is 4.72. The predicted molar refractivity (Wildman–Crippen MR) is 146 cm³/mol. The third kappa shape index (κ3) is 6.42. The van der Waals surface area contributed by atoms with Crippen molar-refractivity contribution in [1.82, 2.24) is 20.2 Å². The van der Waals surface area contributed by atoms with Crippen LogP contribution in [0, 0.1) is 0 Å². The number of likely N-dealkylation sites (tertiary alicyclic amines) is 1. The van der Waals surface area contributed by atoms with Crippen LogP contribution in [-0.2, 0) is 21.4 Å². The molecule has 194 valence electrons. The van der Waals surface area contributed by atoms with Crippen molar-refractivity contribution in [3.8, 4) is 11.4 Å². The summed E-state index contributed by atoms with van der Waals surface area (Å²) in [7, 11) is 0. The first-order valence-electron chi connectivity index (χ1n) is 12.0. The average Bonchev–Trinajstić information content (AvgIpc) is 3.54. The van der Waals surface area contributed by atoms with E-state index in [2.05, 4.69) is 52.0 Å². The molecule has 0 spiro atoms. The Bertz CT molecular complexity index is 1280. The molecule has 2 amide bonds. The van der Waals surface area contributed by atoms with E-state index in [4.69, 9.17) is 0 Å². The van der Waals surface area contributed by atoms with Gasteiger partial charge in [0.1, 0.15) is 12.1 Å². The van der Waals surface area contributed by atoms with Crippen molar-refractivity contribution in [1.29, 1.82) is 0 Å². The highest BCUT2D eigenvalue weighted by atomic mass is 79.9. The van der Waals surface area contributed by atoms with Gasteiger partial charge in [-0.2, -0.15) is 0 Å². The molecule has 2 aromatic heterocycles. The minimum atomic E-state index is -1.03. The fraction of sp³-hybridized carbons (Fsp3) is 0.370. The number of hydrogen-bond acceptors (Lipinski definition) is 6. The number of thiophene rings is 1.